The minimum Gasteiger partial charge on any atom is -0.324 e. The molecule has 2 heterocycles. The summed E-state index contributed by atoms with van der Waals surface area (Å²) >= 11 is 0. The molecular formula is C14H12N4O. The van der Waals surface area contributed by atoms with Crippen molar-refractivity contribution in [2.24, 2.45) is 0 Å². The van der Waals surface area contributed by atoms with Crippen LogP contribution >= 0.6 is 0 Å². The van der Waals surface area contributed by atoms with E-state index in [0.717, 1.165) is 5.69 Å². The van der Waals surface area contributed by atoms with E-state index in [4.69, 9.17) is 0 Å². The second-order valence-corrected chi connectivity index (χ2v) is 4.07. The van der Waals surface area contributed by atoms with Crippen LogP contribution in [0.1, 0.15) is 10.4 Å². The van der Waals surface area contributed by atoms with E-state index in [1.165, 1.54) is 0 Å². The van der Waals surface area contributed by atoms with Crippen LogP contribution in [-0.4, -0.2) is 20.7 Å². The molecule has 3 rings (SSSR count). The number of hydrogen-bond donors (Lipinski definition) is 2. The summed E-state index contributed by atoms with van der Waals surface area (Å²) in [6.07, 6.45) is 5.46. The molecule has 1 amide bonds. The number of H-pyrrole nitrogens is 1. The Bertz CT molecular complexity index is 671. The van der Waals surface area contributed by atoms with E-state index in [1.54, 1.807) is 18.3 Å². The number of benzene rings is 1. The van der Waals surface area contributed by atoms with Gasteiger partial charge in [-0.2, -0.15) is 5.10 Å². The fourth-order valence-electron chi connectivity index (χ4n) is 1.83. The van der Waals surface area contributed by atoms with Crippen molar-refractivity contribution in [2.75, 3.05) is 5.32 Å². The van der Waals surface area contributed by atoms with Crippen LogP contribution in [0.2, 0.25) is 0 Å². The van der Waals surface area contributed by atoms with Gasteiger partial charge in [0.1, 0.15) is 5.82 Å². The van der Waals surface area contributed by atoms with Gasteiger partial charge in [-0.05, 0) is 30.3 Å². The maximum atomic E-state index is 12.1. The molecule has 0 atom stereocenters. The smallest absolute Gasteiger partial charge is 0.256 e. The van der Waals surface area contributed by atoms with Crippen LogP contribution in [-0.2, 0) is 0 Å². The van der Waals surface area contributed by atoms with E-state index in [-0.39, 0.29) is 5.91 Å². The number of nitrogens with one attached hydrogen (secondary N) is 2. The van der Waals surface area contributed by atoms with E-state index >= 15 is 0 Å². The van der Waals surface area contributed by atoms with Gasteiger partial charge in [0.25, 0.3) is 5.91 Å². The summed E-state index contributed by atoms with van der Waals surface area (Å²) < 4.78 is 1.95. The van der Waals surface area contributed by atoms with E-state index < -0.39 is 0 Å². The SMILES string of the molecule is O=C(Nc1ccn[nH]1)c1cccc(-n2cccc2)c1. The van der Waals surface area contributed by atoms with E-state index in [9.17, 15) is 4.79 Å². The Morgan fingerprint density at radius 2 is 2.00 bits per heavy atom. The van der Waals surface area contributed by atoms with E-state index in [2.05, 4.69) is 15.5 Å². The number of hydrogen-bond acceptors (Lipinski definition) is 2. The molecule has 5 nitrogen and oxygen atoms in total. The number of amides is 1. The number of carbonyl (C=O) groups excluding carboxylic acids is 1. The van der Waals surface area contributed by atoms with Gasteiger partial charge >= 0.3 is 0 Å². The fraction of sp³-hybridized carbons (Fsp3) is 0. The summed E-state index contributed by atoms with van der Waals surface area (Å²) in [6, 6.07) is 13.0. The molecule has 0 saturated heterocycles. The normalized spacial score (nSPS) is 10.3. The van der Waals surface area contributed by atoms with Crippen LogP contribution in [0.5, 0.6) is 0 Å². The van der Waals surface area contributed by atoms with Gasteiger partial charge in [0, 0.05) is 29.7 Å². The maximum Gasteiger partial charge on any atom is 0.256 e. The number of aromatic amines is 1. The minimum atomic E-state index is -0.168. The Balaban J connectivity index is 1.85. The average Bonchev–Trinajstić information content (AvgIpc) is 3.12. The first-order valence-electron chi connectivity index (χ1n) is 5.87. The quantitative estimate of drug-likeness (QED) is 0.752. The summed E-state index contributed by atoms with van der Waals surface area (Å²) in [6.45, 7) is 0. The Kier molecular flexibility index (Phi) is 2.86. The zero-order chi connectivity index (χ0) is 13.1. The molecule has 0 aliphatic heterocycles. The lowest BCUT2D eigenvalue weighted by molar-refractivity contribution is 0.102. The van der Waals surface area contributed by atoms with Crippen LogP contribution in [0.3, 0.4) is 0 Å². The second-order valence-electron chi connectivity index (χ2n) is 4.07. The van der Waals surface area contributed by atoms with Crippen molar-refractivity contribution >= 4 is 11.7 Å². The van der Waals surface area contributed by atoms with Gasteiger partial charge < -0.3 is 9.88 Å². The predicted octanol–water partition coefficient (Wildman–Crippen LogP) is 2.45. The van der Waals surface area contributed by atoms with Crippen LogP contribution in [0.25, 0.3) is 5.69 Å². The molecule has 0 spiro atoms. The highest BCUT2D eigenvalue weighted by atomic mass is 16.1. The lowest BCUT2D eigenvalue weighted by atomic mass is 10.2. The highest BCUT2D eigenvalue weighted by Gasteiger charge is 2.07. The first-order chi connectivity index (χ1) is 9.33. The number of aromatic nitrogens is 3. The average molecular weight is 252 g/mol. The molecule has 0 bridgehead atoms. The fourth-order valence-corrected chi connectivity index (χ4v) is 1.83. The van der Waals surface area contributed by atoms with Gasteiger partial charge in [-0.3, -0.25) is 9.89 Å². The van der Waals surface area contributed by atoms with Crippen LogP contribution in [0.15, 0.2) is 61.1 Å². The minimum absolute atomic E-state index is 0.168. The Morgan fingerprint density at radius 1 is 1.16 bits per heavy atom. The molecule has 2 N–H and O–H groups in total. The summed E-state index contributed by atoms with van der Waals surface area (Å²) in [7, 11) is 0. The van der Waals surface area contributed by atoms with E-state index in [1.807, 2.05) is 47.3 Å². The van der Waals surface area contributed by atoms with Crippen LogP contribution < -0.4 is 5.32 Å². The lowest BCUT2D eigenvalue weighted by Crippen LogP contribution is -2.12. The van der Waals surface area contributed by atoms with E-state index in [0.29, 0.717) is 11.4 Å². The molecule has 0 aliphatic carbocycles. The van der Waals surface area contributed by atoms with Crippen LogP contribution in [0, 0.1) is 0 Å². The Hall–Kier alpha value is -2.82. The standard InChI is InChI=1S/C14H12N4O/c19-14(16-13-6-7-15-17-13)11-4-3-5-12(10-11)18-8-1-2-9-18/h1-10H,(H2,15,16,17,19). The molecule has 94 valence electrons. The highest BCUT2D eigenvalue weighted by molar-refractivity contribution is 6.04. The number of carbonyl (C=O) groups is 1. The molecular weight excluding hydrogens is 240 g/mol. The first kappa shape index (κ1) is 11.3. The predicted molar refractivity (Wildman–Crippen MR) is 72.3 cm³/mol. The zero-order valence-corrected chi connectivity index (χ0v) is 10.1. The van der Waals surface area contributed by atoms with Crippen LogP contribution in [0.4, 0.5) is 5.82 Å². The topological polar surface area (TPSA) is 62.7 Å². The third-order valence-electron chi connectivity index (χ3n) is 2.76. The van der Waals surface area contributed by atoms with Crippen molar-refractivity contribution < 1.29 is 4.79 Å². The maximum absolute atomic E-state index is 12.1. The molecule has 0 fully saturated rings. The Labute approximate surface area is 109 Å². The van der Waals surface area contributed by atoms with Crippen molar-refractivity contribution in [1.29, 1.82) is 0 Å². The highest BCUT2D eigenvalue weighted by Crippen LogP contribution is 2.12. The second kappa shape index (κ2) is 4.81. The van der Waals surface area contributed by atoms with Crippen molar-refractivity contribution in [1.82, 2.24) is 14.8 Å². The summed E-state index contributed by atoms with van der Waals surface area (Å²) in [5.41, 5.74) is 1.54. The van der Waals surface area contributed by atoms with Gasteiger partial charge in [-0.1, -0.05) is 6.07 Å². The number of anilines is 1. The molecule has 0 radical (unpaired) electrons. The Morgan fingerprint density at radius 3 is 2.74 bits per heavy atom. The first-order valence-corrected chi connectivity index (χ1v) is 5.87. The van der Waals surface area contributed by atoms with Gasteiger partial charge in [0.2, 0.25) is 0 Å². The van der Waals surface area contributed by atoms with Gasteiger partial charge in [0.05, 0.1) is 6.20 Å². The molecule has 0 aliphatic rings. The number of rotatable bonds is 3. The molecule has 1 aromatic carbocycles. The summed E-state index contributed by atoms with van der Waals surface area (Å²) in [5, 5.41) is 9.22. The van der Waals surface area contributed by atoms with Crippen molar-refractivity contribution in [3.63, 3.8) is 0 Å². The lowest BCUT2D eigenvalue weighted by Gasteiger charge is -2.06. The number of nitrogens with zero attached hydrogens (tertiary/aromatic N) is 2. The molecule has 3 aromatic rings. The third-order valence-corrected chi connectivity index (χ3v) is 2.76. The van der Waals surface area contributed by atoms with Gasteiger partial charge in [0.15, 0.2) is 0 Å². The largest absolute Gasteiger partial charge is 0.324 e. The molecule has 19 heavy (non-hydrogen) atoms. The van der Waals surface area contributed by atoms with Crippen molar-refractivity contribution in [2.45, 2.75) is 0 Å². The molecule has 2 aromatic heterocycles. The summed E-state index contributed by atoms with van der Waals surface area (Å²) in [4.78, 5) is 12.1. The third kappa shape index (κ3) is 2.40. The van der Waals surface area contributed by atoms with Gasteiger partial charge in [-0.15, -0.1) is 0 Å². The summed E-state index contributed by atoms with van der Waals surface area (Å²) in [5.74, 6) is 0.412. The zero-order valence-electron chi connectivity index (χ0n) is 10.1. The van der Waals surface area contributed by atoms with Crippen molar-refractivity contribution in [3.05, 3.63) is 66.6 Å². The molecule has 0 saturated carbocycles. The van der Waals surface area contributed by atoms with Gasteiger partial charge in [-0.25, -0.2) is 0 Å². The molecule has 5 heteroatoms. The monoisotopic (exact) mass is 252 g/mol. The molecule has 0 unspecified atom stereocenters. The van der Waals surface area contributed by atoms with Crippen molar-refractivity contribution in [3.8, 4) is 5.69 Å².